The zero-order chi connectivity index (χ0) is 21.6. The van der Waals surface area contributed by atoms with E-state index in [0.717, 1.165) is 48.7 Å². The van der Waals surface area contributed by atoms with Crippen molar-refractivity contribution in [2.24, 2.45) is 0 Å². The lowest BCUT2D eigenvalue weighted by atomic mass is 9.90. The van der Waals surface area contributed by atoms with E-state index in [0.29, 0.717) is 5.58 Å². The van der Waals surface area contributed by atoms with Gasteiger partial charge in [-0.1, -0.05) is 6.42 Å². The molecule has 168 valence electrons. The monoisotopic (exact) mass is 432 g/mol. The van der Waals surface area contributed by atoms with E-state index in [9.17, 15) is 13.6 Å². The maximum Gasteiger partial charge on any atom is 0.289 e. The highest BCUT2D eigenvalue weighted by atomic mass is 19.3. The molecule has 1 aliphatic carbocycles. The van der Waals surface area contributed by atoms with Gasteiger partial charge in [0.2, 0.25) is 0 Å². The predicted molar refractivity (Wildman–Crippen MR) is 114 cm³/mol. The van der Waals surface area contributed by atoms with Crippen LogP contribution >= 0.6 is 0 Å². The largest absolute Gasteiger partial charge is 0.490 e. The standard InChI is InChI=1S/C24H30F2N2O3/c1-16-13-21-17(15-22(31-21)23(29)28-11-7-24(25,26)8-12-28)14-20(16)30-19-5-9-27(10-6-19)18-3-2-4-18/h13-15,18-19H,2-12H2,1H3. The molecule has 5 nitrogen and oxygen atoms in total. The fourth-order valence-corrected chi connectivity index (χ4v) is 4.88. The van der Waals surface area contributed by atoms with Crippen molar-refractivity contribution < 1.29 is 22.7 Å². The highest BCUT2D eigenvalue weighted by Gasteiger charge is 2.36. The van der Waals surface area contributed by atoms with Crippen LogP contribution in [-0.2, 0) is 0 Å². The fraction of sp³-hybridized carbons (Fsp3) is 0.625. The number of likely N-dealkylation sites (tertiary alicyclic amines) is 2. The number of aryl methyl sites for hydroxylation is 1. The number of fused-ring (bicyclic) bond motifs is 1. The van der Waals surface area contributed by atoms with E-state index in [-0.39, 0.29) is 43.7 Å². The van der Waals surface area contributed by atoms with Gasteiger partial charge in [-0.15, -0.1) is 0 Å². The third-order valence-electron chi connectivity index (χ3n) is 7.17. The maximum atomic E-state index is 13.4. The second-order valence-electron chi connectivity index (χ2n) is 9.35. The number of halogens is 2. The Labute approximate surface area is 181 Å². The average molecular weight is 433 g/mol. The van der Waals surface area contributed by atoms with Crippen molar-refractivity contribution in [2.45, 2.75) is 69.9 Å². The van der Waals surface area contributed by atoms with Crippen molar-refractivity contribution in [2.75, 3.05) is 26.2 Å². The molecule has 7 heteroatoms. The first-order chi connectivity index (χ1) is 14.9. The first-order valence-corrected chi connectivity index (χ1v) is 11.5. The Kier molecular flexibility index (Phi) is 5.40. The van der Waals surface area contributed by atoms with Gasteiger partial charge in [0.05, 0.1) is 0 Å². The summed E-state index contributed by atoms with van der Waals surface area (Å²) in [5.41, 5.74) is 1.59. The Balaban J connectivity index is 1.26. The lowest BCUT2D eigenvalue weighted by Crippen LogP contribution is -2.46. The highest BCUT2D eigenvalue weighted by molar-refractivity contribution is 5.96. The van der Waals surface area contributed by atoms with Crippen LogP contribution in [0.4, 0.5) is 8.78 Å². The number of amides is 1. The molecule has 3 fully saturated rings. The summed E-state index contributed by atoms with van der Waals surface area (Å²) in [6, 6.07) is 6.32. The van der Waals surface area contributed by atoms with Gasteiger partial charge < -0.3 is 19.0 Å². The molecule has 3 aliphatic rings. The SMILES string of the molecule is Cc1cc2oc(C(=O)N3CCC(F)(F)CC3)cc2cc1OC1CCN(C2CCC2)CC1. The molecule has 0 radical (unpaired) electrons. The van der Waals surface area contributed by atoms with Crippen LogP contribution in [0.3, 0.4) is 0 Å². The van der Waals surface area contributed by atoms with Gasteiger partial charge in [-0.25, -0.2) is 8.78 Å². The molecular weight excluding hydrogens is 402 g/mol. The second kappa shape index (κ2) is 8.08. The van der Waals surface area contributed by atoms with E-state index < -0.39 is 5.92 Å². The number of benzene rings is 1. The minimum atomic E-state index is -2.68. The van der Waals surface area contributed by atoms with Crippen LogP contribution in [0.15, 0.2) is 22.6 Å². The summed E-state index contributed by atoms with van der Waals surface area (Å²) in [7, 11) is 0. The van der Waals surface area contributed by atoms with Crippen molar-refractivity contribution in [1.82, 2.24) is 9.80 Å². The Bertz CT molecular complexity index is 951. The third kappa shape index (κ3) is 4.29. The second-order valence-corrected chi connectivity index (χ2v) is 9.35. The molecule has 0 N–H and O–H groups in total. The van der Waals surface area contributed by atoms with Crippen LogP contribution in [0, 0.1) is 6.92 Å². The molecule has 2 aromatic rings. The summed E-state index contributed by atoms with van der Waals surface area (Å²) in [5, 5.41) is 0.804. The molecule has 0 bridgehead atoms. The first-order valence-electron chi connectivity index (χ1n) is 11.5. The summed E-state index contributed by atoms with van der Waals surface area (Å²) in [5.74, 6) is -1.98. The molecule has 1 aromatic heterocycles. The van der Waals surface area contributed by atoms with Gasteiger partial charge in [-0.2, -0.15) is 0 Å². The van der Waals surface area contributed by atoms with Gasteiger partial charge in [0.25, 0.3) is 11.8 Å². The molecule has 2 saturated heterocycles. The number of furan rings is 1. The number of alkyl halides is 2. The van der Waals surface area contributed by atoms with Gasteiger partial charge >= 0.3 is 0 Å². The number of carbonyl (C=O) groups excluding carboxylic acids is 1. The van der Waals surface area contributed by atoms with Crippen LogP contribution < -0.4 is 4.74 Å². The molecule has 1 saturated carbocycles. The minimum Gasteiger partial charge on any atom is -0.490 e. The molecule has 0 spiro atoms. The molecule has 1 aromatic carbocycles. The zero-order valence-electron chi connectivity index (χ0n) is 18.0. The van der Waals surface area contributed by atoms with Gasteiger partial charge in [0.1, 0.15) is 17.4 Å². The van der Waals surface area contributed by atoms with Crippen molar-refractivity contribution in [1.29, 1.82) is 0 Å². The van der Waals surface area contributed by atoms with E-state index in [1.54, 1.807) is 6.07 Å². The van der Waals surface area contributed by atoms with Crippen LogP contribution in [0.25, 0.3) is 11.0 Å². The summed E-state index contributed by atoms with van der Waals surface area (Å²) in [6.45, 7) is 4.27. The summed E-state index contributed by atoms with van der Waals surface area (Å²) < 4.78 is 38.9. The van der Waals surface area contributed by atoms with E-state index in [2.05, 4.69) is 4.90 Å². The highest BCUT2D eigenvalue weighted by Crippen LogP contribution is 2.33. The molecule has 31 heavy (non-hydrogen) atoms. The number of carbonyl (C=O) groups is 1. The number of nitrogens with zero attached hydrogens (tertiary/aromatic N) is 2. The number of hydrogen-bond acceptors (Lipinski definition) is 4. The van der Waals surface area contributed by atoms with E-state index in [1.165, 1.54) is 24.2 Å². The Morgan fingerprint density at radius 1 is 1.06 bits per heavy atom. The first kappa shape index (κ1) is 20.7. The van der Waals surface area contributed by atoms with E-state index in [4.69, 9.17) is 9.15 Å². The number of ether oxygens (including phenoxy) is 1. The van der Waals surface area contributed by atoms with Gasteiger partial charge in [0.15, 0.2) is 5.76 Å². The fourth-order valence-electron chi connectivity index (χ4n) is 4.88. The normalized spacial score (nSPS) is 23.1. The van der Waals surface area contributed by atoms with Crippen LogP contribution in [-0.4, -0.2) is 60.0 Å². The maximum absolute atomic E-state index is 13.4. The summed E-state index contributed by atoms with van der Waals surface area (Å²) in [6.07, 6.45) is 5.71. The lowest BCUT2D eigenvalue weighted by Gasteiger charge is -2.41. The number of rotatable bonds is 4. The lowest BCUT2D eigenvalue weighted by molar-refractivity contribution is -0.0498. The zero-order valence-corrected chi connectivity index (χ0v) is 18.0. The average Bonchev–Trinajstić information content (AvgIpc) is 3.10. The van der Waals surface area contributed by atoms with Crippen LogP contribution in [0.5, 0.6) is 5.75 Å². The van der Waals surface area contributed by atoms with E-state index in [1.807, 2.05) is 19.1 Å². The molecule has 0 atom stereocenters. The Hall–Kier alpha value is -2.15. The van der Waals surface area contributed by atoms with Crippen LogP contribution in [0.1, 0.15) is 61.1 Å². The number of piperidine rings is 2. The van der Waals surface area contributed by atoms with Crippen molar-refractivity contribution in [3.63, 3.8) is 0 Å². The third-order valence-corrected chi connectivity index (χ3v) is 7.17. The van der Waals surface area contributed by atoms with Crippen molar-refractivity contribution >= 4 is 16.9 Å². The minimum absolute atomic E-state index is 0.0514. The van der Waals surface area contributed by atoms with Gasteiger partial charge in [0, 0.05) is 50.4 Å². The van der Waals surface area contributed by atoms with Crippen LogP contribution in [0.2, 0.25) is 0 Å². The van der Waals surface area contributed by atoms with Gasteiger partial charge in [-0.3, -0.25) is 4.79 Å². The topological polar surface area (TPSA) is 45.9 Å². The molecule has 3 heterocycles. The van der Waals surface area contributed by atoms with Gasteiger partial charge in [-0.05, 0) is 56.4 Å². The molecular formula is C24H30F2N2O3. The van der Waals surface area contributed by atoms with Crippen molar-refractivity contribution in [3.05, 3.63) is 29.5 Å². The smallest absolute Gasteiger partial charge is 0.289 e. The van der Waals surface area contributed by atoms with Crippen molar-refractivity contribution in [3.8, 4) is 5.75 Å². The molecule has 0 unspecified atom stereocenters. The summed E-state index contributed by atoms with van der Waals surface area (Å²) >= 11 is 0. The predicted octanol–water partition coefficient (Wildman–Crippen LogP) is 5.01. The molecule has 5 rings (SSSR count). The number of hydrogen-bond donors (Lipinski definition) is 0. The Morgan fingerprint density at radius 3 is 2.42 bits per heavy atom. The summed E-state index contributed by atoms with van der Waals surface area (Å²) in [4.78, 5) is 16.8. The Morgan fingerprint density at radius 2 is 1.77 bits per heavy atom. The molecule has 2 aliphatic heterocycles. The van der Waals surface area contributed by atoms with E-state index >= 15 is 0 Å². The quantitative estimate of drug-likeness (QED) is 0.682. The molecule has 1 amide bonds.